The Balaban J connectivity index is 1.55. The number of amides is 3. The van der Waals surface area contributed by atoms with Crippen LogP contribution in [0.4, 0.5) is 26.4 Å². The molecule has 0 spiro atoms. The molecule has 12 heteroatoms. The van der Waals surface area contributed by atoms with Gasteiger partial charge < -0.3 is 15.5 Å². The fourth-order valence-corrected chi connectivity index (χ4v) is 4.96. The maximum Gasteiger partial charge on any atom is 0.319 e. The van der Waals surface area contributed by atoms with Crippen LogP contribution in [-0.2, 0) is 14.8 Å². The summed E-state index contributed by atoms with van der Waals surface area (Å²) in [6.45, 7) is 4.36. The number of hydrogen-bond acceptors (Lipinski definition) is 5. The number of nitrogens with zero attached hydrogens (tertiary/aromatic N) is 2. The second kappa shape index (κ2) is 11.0. The number of nitrogens with one attached hydrogen (secondary N) is 3. The largest absolute Gasteiger partial charge is 0.326 e. The second-order valence-electron chi connectivity index (χ2n) is 9.26. The number of aromatic nitrogens is 1. The third-order valence-corrected chi connectivity index (χ3v) is 6.83. The molecule has 3 aromatic rings. The number of rotatable bonds is 7. The zero-order valence-electron chi connectivity index (χ0n) is 21.0. The SMILES string of the molecule is CC(C)c1cc(-c2cccnc2NS(C)(=O)=O)ccc1N1CC[C@@H](NC(=O)Nc2ccc(Cl)cc2F)C1=O. The Hall–Kier alpha value is -3.70. The molecule has 9 nitrogen and oxygen atoms in total. The van der Waals surface area contributed by atoms with Crippen LogP contribution in [0.1, 0.15) is 31.7 Å². The number of sulfonamides is 1. The van der Waals surface area contributed by atoms with Crippen LogP contribution in [0, 0.1) is 5.82 Å². The van der Waals surface area contributed by atoms with Gasteiger partial charge in [0.15, 0.2) is 0 Å². The molecule has 200 valence electrons. The summed E-state index contributed by atoms with van der Waals surface area (Å²) in [6.07, 6.45) is 2.94. The lowest BCUT2D eigenvalue weighted by molar-refractivity contribution is -0.118. The predicted octanol–water partition coefficient (Wildman–Crippen LogP) is 4.96. The molecule has 2 aromatic carbocycles. The van der Waals surface area contributed by atoms with Crippen LogP contribution >= 0.6 is 11.6 Å². The Bertz CT molecular complexity index is 1500. The van der Waals surface area contributed by atoms with Gasteiger partial charge in [-0.25, -0.2) is 22.6 Å². The molecule has 3 N–H and O–H groups in total. The first kappa shape index (κ1) is 27.3. The average molecular weight is 560 g/mol. The fraction of sp³-hybridized carbons (Fsp3) is 0.269. The molecular formula is C26H27ClFN5O4S. The number of benzene rings is 2. The van der Waals surface area contributed by atoms with E-state index in [4.69, 9.17) is 11.6 Å². The number of pyridine rings is 1. The summed E-state index contributed by atoms with van der Waals surface area (Å²) in [5.41, 5.74) is 2.86. The molecule has 1 aromatic heterocycles. The van der Waals surface area contributed by atoms with Crippen molar-refractivity contribution < 1.29 is 22.4 Å². The van der Waals surface area contributed by atoms with Crippen molar-refractivity contribution in [1.29, 1.82) is 0 Å². The van der Waals surface area contributed by atoms with Crippen molar-refractivity contribution in [3.8, 4) is 11.1 Å². The lowest BCUT2D eigenvalue weighted by Crippen LogP contribution is -2.43. The maximum absolute atomic E-state index is 14.0. The van der Waals surface area contributed by atoms with Crippen molar-refractivity contribution in [3.05, 3.63) is 71.1 Å². The Kier molecular flexibility index (Phi) is 7.89. The van der Waals surface area contributed by atoms with E-state index < -0.39 is 27.9 Å². The summed E-state index contributed by atoms with van der Waals surface area (Å²) in [5, 5.41) is 5.23. The highest BCUT2D eigenvalue weighted by atomic mass is 35.5. The third kappa shape index (κ3) is 6.22. The van der Waals surface area contributed by atoms with Gasteiger partial charge in [0.25, 0.3) is 0 Å². The monoisotopic (exact) mass is 559 g/mol. The van der Waals surface area contributed by atoms with Crippen molar-refractivity contribution in [2.24, 2.45) is 0 Å². The summed E-state index contributed by atoms with van der Waals surface area (Å²) in [5.74, 6) is -0.726. The number of hydrogen-bond donors (Lipinski definition) is 3. The lowest BCUT2D eigenvalue weighted by atomic mass is 9.95. The minimum atomic E-state index is -3.53. The third-order valence-electron chi connectivity index (χ3n) is 6.03. The van der Waals surface area contributed by atoms with Gasteiger partial charge in [-0.05, 0) is 65.9 Å². The summed E-state index contributed by atoms with van der Waals surface area (Å²) in [7, 11) is -3.53. The number of urea groups is 1. The average Bonchev–Trinajstić information content (AvgIpc) is 3.19. The van der Waals surface area contributed by atoms with Crippen LogP contribution in [0.5, 0.6) is 0 Å². The van der Waals surface area contributed by atoms with Crippen molar-refractivity contribution in [1.82, 2.24) is 10.3 Å². The first-order valence-electron chi connectivity index (χ1n) is 11.8. The molecule has 38 heavy (non-hydrogen) atoms. The van der Waals surface area contributed by atoms with Crippen molar-refractivity contribution >= 4 is 50.8 Å². The van der Waals surface area contributed by atoms with Crippen LogP contribution in [0.2, 0.25) is 5.02 Å². The van der Waals surface area contributed by atoms with E-state index in [0.717, 1.165) is 23.4 Å². The first-order valence-corrected chi connectivity index (χ1v) is 14.1. The molecule has 1 fully saturated rings. The molecule has 1 aliphatic heterocycles. The van der Waals surface area contributed by atoms with Crippen LogP contribution in [-0.4, -0.2) is 44.2 Å². The molecule has 0 bridgehead atoms. The number of carbonyl (C=O) groups excluding carboxylic acids is 2. The van der Waals surface area contributed by atoms with Crippen LogP contribution in [0.15, 0.2) is 54.7 Å². The van der Waals surface area contributed by atoms with Crippen LogP contribution in [0.25, 0.3) is 11.1 Å². The molecule has 4 rings (SSSR count). The molecule has 0 aliphatic carbocycles. The maximum atomic E-state index is 14.0. The van der Waals surface area contributed by atoms with E-state index in [2.05, 4.69) is 20.3 Å². The van der Waals surface area contributed by atoms with Gasteiger partial charge in [0.2, 0.25) is 15.9 Å². The molecule has 1 atom stereocenters. The minimum absolute atomic E-state index is 0.0314. The molecule has 2 heterocycles. The van der Waals surface area contributed by atoms with Gasteiger partial charge in [-0.15, -0.1) is 0 Å². The minimum Gasteiger partial charge on any atom is -0.326 e. The summed E-state index contributed by atoms with van der Waals surface area (Å²) in [4.78, 5) is 31.5. The van der Waals surface area contributed by atoms with E-state index in [-0.39, 0.29) is 28.4 Å². The number of carbonyl (C=O) groups is 2. The fourth-order valence-electron chi connectivity index (χ4n) is 4.29. The molecular weight excluding hydrogens is 533 g/mol. The Morgan fingerprint density at radius 2 is 1.95 bits per heavy atom. The van der Waals surface area contributed by atoms with Crippen LogP contribution in [0.3, 0.4) is 0 Å². The van der Waals surface area contributed by atoms with Gasteiger partial charge in [0, 0.05) is 29.0 Å². The second-order valence-corrected chi connectivity index (χ2v) is 11.4. The molecule has 1 aliphatic rings. The van der Waals surface area contributed by atoms with E-state index in [1.54, 1.807) is 23.1 Å². The van der Waals surface area contributed by atoms with Crippen molar-refractivity contribution in [2.45, 2.75) is 32.2 Å². The van der Waals surface area contributed by atoms with Gasteiger partial charge >= 0.3 is 6.03 Å². The van der Waals surface area contributed by atoms with E-state index >= 15 is 0 Å². The molecule has 3 amide bonds. The highest BCUT2D eigenvalue weighted by Crippen LogP contribution is 2.36. The van der Waals surface area contributed by atoms with E-state index in [1.165, 1.54) is 18.3 Å². The normalized spacial score (nSPS) is 15.6. The van der Waals surface area contributed by atoms with Gasteiger partial charge in [0.1, 0.15) is 17.7 Å². The predicted molar refractivity (Wildman–Crippen MR) is 147 cm³/mol. The van der Waals surface area contributed by atoms with Gasteiger partial charge in [0.05, 0.1) is 11.9 Å². The Morgan fingerprint density at radius 1 is 1.18 bits per heavy atom. The number of anilines is 3. The smallest absolute Gasteiger partial charge is 0.319 e. The molecule has 1 saturated heterocycles. The highest BCUT2D eigenvalue weighted by molar-refractivity contribution is 7.92. The van der Waals surface area contributed by atoms with Crippen molar-refractivity contribution in [3.63, 3.8) is 0 Å². The van der Waals surface area contributed by atoms with E-state index in [0.29, 0.717) is 24.2 Å². The van der Waals surface area contributed by atoms with E-state index in [9.17, 15) is 22.4 Å². The quantitative estimate of drug-likeness (QED) is 0.378. The van der Waals surface area contributed by atoms with Crippen molar-refractivity contribution in [2.75, 3.05) is 27.7 Å². The lowest BCUT2D eigenvalue weighted by Gasteiger charge is -2.23. The van der Waals surface area contributed by atoms with Gasteiger partial charge in [-0.2, -0.15) is 0 Å². The summed E-state index contributed by atoms with van der Waals surface area (Å²) >= 11 is 5.75. The molecule has 0 radical (unpaired) electrons. The molecule has 0 unspecified atom stereocenters. The number of halogens is 2. The highest BCUT2D eigenvalue weighted by Gasteiger charge is 2.35. The zero-order chi connectivity index (χ0) is 27.6. The zero-order valence-corrected chi connectivity index (χ0v) is 22.5. The summed E-state index contributed by atoms with van der Waals surface area (Å²) in [6, 6.07) is 11.4. The van der Waals surface area contributed by atoms with Gasteiger partial charge in [-0.3, -0.25) is 9.52 Å². The topological polar surface area (TPSA) is 120 Å². The standard InChI is InChI=1S/C26H27ClFN5O4S/c1-15(2)19-13-16(18-5-4-11-29-24(18)32-38(3,36)37)6-9-23(19)33-12-10-22(25(33)34)31-26(35)30-21-8-7-17(27)14-20(21)28/h4-9,11,13-15,22H,10,12H2,1-3H3,(H,29,32)(H2,30,31,35)/t22-/m1/s1. The van der Waals surface area contributed by atoms with Gasteiger partial charge in [-0.1, -0.05) is 31.5 Å². The summed E-state index contributed by atoms with van der Waals surface area (Å²) < 4.78 is 40.1. The first-order chi connectivity index (χ1) is 17.9. The van der Waals surface area contributed by atoms with Crippen LogP contribution < -0.4 is 20.3 Å². The Morgan fingerprint density at radius 3 is 2.63 bits per heavy atom. The molecule has 0 saturated carbocycles. The van der Waals surface area contributed by atoms with E-state index in [1.807, 2.05) is 26.0 Å². The Labute approximate surface area is 225 Å².